The van der Waals surface area contributed by atoms with Gasteiger partial charge in [-0.3, -0.25) is 0 Å². The SMILES string of the molecule is COC(=O)C1=COC(O)[C@@H]2[C@@H](CO[Si](C)(C)C(C)(C)C)CC[C@H]12. The average molecular weight is 343 g/mol. The molecule has 2 rings (SSSR count). The number of hydrogen-bond acceptors (Lipinski definition) is 5. The Morgan fingerprint density at radius 1 is 1.39 bits per heavy atom. The molecule has 6 heteroatoms. The summed E-state index contributed by atoms with van der Waals surface area (Å²) < 4.78 is 16.5. The van der Waals surface area contributed by atoms with Gasteiger partial charge in [-0.05, 0) is 36.9 Å². The van der Waals surface area contributed by atoms with Gasteiger partial charge in [-0.15, -0.1) is 0 Å². The highest BCUT2D eigenvalue weighted by Crippen LogP contribution is 2.47. The van der Waals surface area contributed by atoms with Gasteiger partial charge in [0.05, 0.1) is 18.9 Å². The molecule has 0 saturated heterocycles. The van der Waals surface area contributed by atoms with Crippen LogP contribution in [0.25, 0.3) is 0 Å². The summed E-state index contributed by atoms with van der Waals surface area (Å²) in [7, 11) is -0.454. The smallest absolute Gasteiger partial charge is 0.337 e. The van der Waals surface area contributed by atoms with E-state index in [0.717, 1.165) is 12.8 Å². The van der Waals surface area contributed by atoms with Crippen LogP contribution in [0, 0.1) is 17.8 Å². The first kappa shape index (κ1) is 18.5. The second-order valence-electron chi connectivity index (χ2n) is 8.18. The van der Waals surface area contributed by atoms with Gasteiger partial charge in [0.15, 0.2) is 14.6 Å². The molecule has 23 heavy (non-hydrogen) atoms. The Kier molecular flexibility index (Phi) is 5.28. The number of carbonyl (C=O) groups excluding carboxylic acids is 1. The van der Waals surface area contributed by atoms with Crippen molar-refractivity contribution in [2.45, 2.75) is 58.0 Å². The zero-order valence-corrected chi connectivity index (χ0v) is 16.1. The fourth-order valence-corrected chi connectivity index (χ4v) is 4.33. The van der Waals surface area contributed by atoms with E-state index >= 15 is 0 Å². The normalized spacial score (nSPS) is 31.2. The van der Waals surface area contributed by atoms with E-state index in [1.807, 2.05) is 0 Å². The molecule has 1 saturated carbocycles. The van der Waals surface area contributed by atoms with Crippen molar-refractivity contribution in [1.29, 1.82) is 0 Å². The molecular formula is C17H30O5Si. The number of ether oxygens (including phenoxy) is 2. The third kappa shape index (κ3) is 3.64. The summed E-state index contributed by atoms with van der Waals surface area (Å²) in [6.45, 7) is 11.7. The fraction of sp³-hybridized carbons (Fsp3) is 0.824. The third-order valence-corrected chi connectivity index (χ3v) is 10.3. The topological polar surface area (TPSA) is 65.0 Å². The van der Waals surface area contributed by atoms with Crippen LogP contribution in [0.15, 0.2) is 11.8 Å². The summed E-state index contributed by atoms with van der Waals surface area (Å²) >= 11 is 0. The Labute approximate surface area is 140 Å². The van der Waals surface area contributed by atoms with Crippen LogP contribution in [0.5, 0.6) is 0 Å². The van der Waals surface area contributed by atoms with Crippen molar-refractivity contribution in [1.82, 2.24) is 0 Å². The largest absolute Gasteiger partial charge is 0.472 e. The second-order valence-corrected chi connectivity index (χ2v) is 13.0. The molecule has 0 aromatic rings. The van der Waals surface area contributed by atoms with Crippen LogP contribution < -0.4 is 0 Å². The Hall–Kier alpha value is -0.853. The van der Waals surface area contributed by atoms with Crippen LogP contribution in [-0.4, -0.2) is 39.4 Å². The minimum absolute atomic E-state index is 0.000726. The van der Waals surface area contributed by atoms with Crippen LogP contribution >= 0.6 is 0 Å². The molecule has 132 valence electrons. The van der Waals surface area contributed by atoms with E-state index in [4.69, 9.17) is 13.9 Å². The Bertz CT molecular complexity index is 480. The molecule has 0 bridgehead atoms. The summed E-state index contributed by atoms with van der Waals surface area (Å²) in [5.41, 5.74) is 0.539. The predicted octanol–water partition coefficient (Wildman–Crippen LogP) is 3.06. The fourth-order valence-electron chi connectivity index (χ4n) is 3.27. The van der Waals surface area contributed by atoms with E-state index in [0.29, 0.717) is 12.2 Å². The number of aliphatic hydroxyl groups is 1. The molecule has 1 unspecified atom stereocenters. The van der Waals surface area contributed by atoms with Crippen molar-refractivity contribution in [3.63, 3.8) is 0 Å². The molecule has 0 amide bonds. The summed E-state index contributed by atoms with van der Waals surface area (Å²) in [4.78, 5) is 11.9. The van der Waals surface area contributed by atoms with Gasteiger partial charge in [0.2, 0.25) is 0 Å². The summed E-state index contributed by atoms with van der Waals surface area (Å²) in [5, 5.41) is 10.4. The zero-order valence-electron chi connectivity index (χ0n) is 15.1. The van der Waals surface area contributed by atoms with E-state index in [2.05, 4.69) is 33.9 Å². The van der Waals surface area contributed by atoms with Crippen molar-refractivity contribution in [2.75, 3.05) is 13.7 Å². The minimum Gasteiger partial charge on any atom is -0.472 e. The molecule has 4 atom stereocenters. The van der Waals surface area contributed by atoms with Gasteiger partial charge >= 0.3 is 5.97 Å². The third-order valence-electron chi connectivity index (χ3n) is 5.81. The molecule has 0 spiro atoms. The number of aliphatic hydroxyl groups excluding tert-OH is 1. The maximum absolute atomic E-state index is 11.9. The molecule has 2 aliphatic rings. The van der Waals surface area contributed by atoms with Crippen molar-refractivity contribution in [3.05, 3.63) is 11.8 Å². The van der Waals surface area contributed by atoms with E-state index in [9.17, 15) is 9.90 Å². The molecule has 0 radical (unpaired) electrons. The molecule has 0 aromatic heterocycles. The maximum atomic E-state index is 11.9. The van der Waals surface area contributed by atoms with Gasteiger partial charge in [-0.25, -0.2) is 4.79 Å². The highest BCUT2D eigenvalue weighted by atomic mass is 28.4. The predicted molar refractivity (Wildman–Crippen MR) is 90.0 cm³/mol. The highest BCUT2D eigenvalue weighted by Gasteiger charge is 2.48. The first-order chi connectivity index (χ1) is 10.6. The first-order valence-corrected chi connectivity index (χ1v) is 11.2. The molecule has 1 N–H and O–H groups in total. The van der Waals surface area contributed by atoms with E-state index in [1.165, 1.54) is 13.4 Å². The monoisotopic (exact) mass is 342 g/mol. The molecule has 0 aromatic carbocycles. The second kappa shape index (κ2) is 6.57. The Balaban J connectivity index is 2.07. The molecule has 1 fully saturated rings. The zero-order chi connectivity index (χ0) is 17.4. The number of esters is 1. The van der Waals surface area contributed by atoms with Gasteiger partial charge in [0.25, 0.3) is 0 Å². The Morgan fingerprint density at radius 2 is 2.04 bits per heavy atom. The lowest BCUT2D eigenvalue weighted by molar-refractivity contribution is -0.146. The van der Waals surface area contributed by atoms with Crippen molar-refractivity contribution in [2.24, 2.45) is 17.8 Å². The number of methoxy groups -OCH3 is 1. The molecule has 5 nitrogen and oxygen atoms in total. The van der Waals surface area contributed by atoms with Crippen molar-refractivity contribution in [3.8, 4) is 0 Å². The highest BCUT2D eigenvalue weighted by molar-refractivity contribution is 6.74. The minimum atomic E-state index is -1.83. The van der Waals surface area contributed by atoms with E-state index < -0.39 is 14.6 Å². The van der Waals surface area contributed by atoms with E-state index in [1.54, 1.807) is 0 Å². The lowest BCUT2D eigenvalue weighted by Crippen LogP contribution is -2.44. The van der Waals surface area contributed by atoms with Crippen LogP contribution in [-0.2, 0) is 18.7 Å². The molecular weight excluding hydrogens is 312 g/mol. The number of rotatable bonds is 4. The average Bonchev–Trinajstić information content (AvgIpc) is 2.88. The Morgan fingerprint density at radius 3 is 2.61 bits per heavy atom. The van der Waals surface area contributed by atoms with Crippen molar-refractivity contribution >= 4 is 14.3 Å². The summed E-state index contributed by atoms with van der Waals surface area (Å²) in [6.07, 6.45) is 2.29. The van der Waals surface area contributed by atoms with Crippen molar-refractivity contribution < 1.29 is 23.8 Å². The lowest BCUT2D eigenvalue weighted by Gasteiger charge is -2.39. The summed E-state index contributed by atoms with van der Waals surface area (Å²) in [6, 6.07) is 0. The van der Waals surface area contributed by atoms with Crippen LogP contribution in [0.2, 0.25) is 18.1 Å². The standard InChI is InChI=1S/C17H30O5Si/c1-17(2,3)23(5,6)22-9-11-7-8-12-13(15(18)20-4)10-21-16(19)14(11)12/h10-12,14,16,19H,7-9H2,1-6H3/t11-,12-,14-,16?/m1/s1. The lowest BCUT2D eigenvalue weighted by atomic mass is 9.83. The first-order valence-electron chi connectivity index (χ1n) is 8.34. The quantitative estimate of drug-likeness (QED) is 0.628. The van der Waals surface area contributed by atoms with Gasteiger partial charge in [-0.2, -0.15) is 0 Å². The number of hydrogen-bond donors (Lipinski definition) is 1. The van der Waals surface area contributed by atoms with Crippen LogP contribution in [0.3, 0.4) is 0 Å². The molecule has 1 aliphatic carbocycles. The molecule has 1 aliphatic heterocycles. The van der Waals surface area contributed by atoms with Crippen LogP contribution in [0.1, 0.15) is 33.6 Å². The summed E-state index contributed by atoms with van der Waals surface area (Å²) in [5.74, 6) is -0.256. The number of carbonyl (C=O) groups is 1. The maximum Gasteiger partial charge on any atom is 0.337 e. The van der Waals surface area contributed by atoms with Gasteiger partial charge < -0.3 is 19.0 Å². The molecule has 1 heterocycles. The van der Waals surface area contributed by atoms with Gasteiger partial charge in [0, 0.05) is 18.4 Å². The number of fused-ring (bicyclic) bond motifs is 1. The van der Waals surface area contributed by atoms with Crippen LogP contribution in [0.4, 0.5) is 0 Å². The van der Waals surface area contributed by atoms with Gasteiger partial charge in [0.1, 0.15) is 0 Å². The van der Waals surface area contributed by atoms with E-state index in [-0.39, 0.29) is 28.8 Å². The van der Waals surface area contributed by atoms with Gasteiger partial charge in [-0.1, -0.05) is 20.8 Å².